The lowest BCUT2D eigenvalue weighted by molar-refractivity contribution is -0.134. The van der Waals surface area contributed by atoms with E-state index in [1.54, 1.807) is 10.7 Å². The molecule has 0 saturated carbocycles. The van der Waals surface area contributed by atoms with Crippen LogP contribution in [0.25, 0.3) is 11.1 Å². The summed E-state index contributed by atoms with van der Waals surface area (Å²) in [5, 5.41) is 20.4. The SMILES string of the molecule is CCCCC(C)N(CCNCCc1ccc(O)c2c1OCC(=O)N2)C(=O)CCOCCc1cccc(-c2cnn(C)c2)c1. The van der Waals surface area contributed by atoms with E-state index in [-0.39, 0.29) is 30.2 Å². The standard InChI is InChI=1S/C33H45N5O5/c1-4-5-7-24(2)38(17-16-34-15-12-26-10-11-29(39)32-33(26)43-23-30(40)36-32)31(41)14-19-42-18-13-25-8-6-9-27(20-25)28-21-35-37(3)22-28/h6,8-11,20-22,24,34,39H,4-5,7,12-19,23H2,1-3H3,(H,36,40). The van der Waals surface area contributed by atoms with Gasteiger partial charge >= 0.3 is 0 Å². The summed E-state index contributed by atoms with van der Waals surface area (Å²) in [5.41, 5.74) is 4.65. The number of hydrogen-bond acceptors (Lipinski definition) is 7. The summed E-state index contributed by atoms with van der Waals surface area (Å²) in [5.74, 6) is 0.347. The van der Waals surface area contributed by atoms with Gasteiger partial charge in [0.05, 0.1) is 25.8 Å². The number of fused-ring (bicyclic) bond motifs is 1. The number of phenolic OH excluding ortho intramolecular Hbond substituents is 1. The van der Waals surface area contributed by atoms with Gasteiger partial charge in [0.15, 0.2) is 12.4 Å². The van der Waals surface area contributed by atoms with Crippen molar-refractivity contribution in [1.29, 1.82) is 0 Å². The lowest BCUT2D eigenvalue weighted by Crippen LogP contribution is -2.43. The van der Waals surface area contributed by atoms with Crippen molar-refractivity contribution < 1.29 is 24.2 Å². The largest absolute Gasteiger partial charge is 0.506 e. The highest BCUT2D eigenvalue weighted by molar-refractivity contribution is 5.97. The molecule has 2 aromatic carbocycles. The number of carbonyl (C=O) groups excluding carboxylic acids is 2. The normalized spacial score (nSPS) is 13.2. The number of aryl methyl sites for hydroxylation is 1. The van der Waals surface area contributed by atoms with Crippen molar-refractivity contribution in [3.63, 3.8) is 0 Å². The van der Waals surface area contributed by atoms with Crippen molar-refractivity contribution in [2.45, 2.75) is 58.4 Å². The Labute approximate surface area is 254 Å². The van der Waals surface area contributed by atoms with E-state index in [1.165, 1.54) is 5.56 Å². The molecule has 0 radical (unpaired) electrons. The van der Waals surface area contributed by atoms with Gasteiger partial charge in [0, 0.05) is 37.9 Å². The number of rotatable bonds is 17. The molecule has 10 nitrogen and oxygen atoms in total. The summed E-state index contributed by atoms with van der Waals surface area (Å²) in [6.45, 7) is 7.13. The number of phenols is 1. The Morgan fingerprint density at radius 3 is 2.86 bits per heavy atom. The van der Waals surface area contributed by atoms with Gasteiger partial charge in [-0.3, -0.25) is 14.3 Å². The Bertz CT molecular complexity index is 1360. The Morgan fingerprint density at radius 1 is 1.21 bits per heavy atom. The van der Waals surface area contributed by atoms with Gasteiger partial charge in [0.25, 0.3) is 5.91 Å². The van der Waals surface area contributed by atoms with Crippen LogP contribution in [0.4, 0.5) is 5.69 Å². The number of unbranched alkanes of at least 4 members (excludes halogenated alkanes) is 1. The topological polar surface area (TPSA) is 118 Å². The number of aromatic nitrogens is 2. The van der Waals surface area contributed by atoms with Gasteiger partial charge < -0.3 is 30.1 Å². The molecule has 4 rings (SSSR count). The number of ether oxygens (including phenoxy) is 2. The molecule has 232 valence electrons. The van der Waals surface area contributed by atoms with Crippen molar-refractivity contribution in [2.24, 2.45) is 7.05 Å². The molecule has 0 spiro atoms. The number of benzene rings is 2. The Morgan fingerprint density at radius 2 is 2.07 bits per heavy atom. The first kappa shape index (κ1) is 32.0. The number of aromatic hydroxyl groups is 1. The molecule has 43 heavy (non-hydrogen) atoms. The summed E-state index contributed by atoms with van der Waals surface area (Å²) < 4.78 is 13.3. The smallest absolute Gasteiger partial charge is 0.262 e. The third-order valence-corrected chi connectivity index (χ3v) is 7.72. The van der Waals surface area contributed by atoms with Crippen LogP contribution in [0.5, 0.6) is 11.5 Å². The second kappa shape index (κ2) is 16.1. The zero-order chi connectivity index (χ0) is 30.6. The number of nitrogens with zero attached hydrogens (tertiary/aromatic N) is 3. The summed E-state index contributed by atoms with van der Waals surface area (Å²) in [7, 11) is 1.91. The Kier molecular flexibility index (Phi) is 12.0. The van der Waals surface area contributed by atoms with Crippen LogP contribution in [0, 0.1) is 0 Å². The molecule has 0 saturated heterocycles. The molecule has 1 atom stereocenters. The van der Waals surface area contributed by atoms with Crippen LogP contribution in [0.2, 0.25) is 0 Å². The van der Waals surface area contributed by atoms with Crippen LogP contribution < -0.4 is 15.4 Å². The van der Waals surface area contributed by atoms with E-state index in [9.17, 15) is 14.7 Å². The monoisotopic (exact) mass is 591 g/mol. The maximum atomic E-state index is 13.2. The van der Waals surface area contributed by atoms with E-state index in [2.05, 4.69) is 53.8 Å². The zero-order valence-corrected chi connectivity index (χ0v) is 25.6. The minimum atomic E-state index is -0.281. The highest BCUT2D eigenvalue weighted by Gasteiger charge is 2.23. The molecule has 0 fully saturated rings. The van der Waals surface area contributed by atoms with E-state index in [0.29, 0.717) is 57.1 Å². The average Bonchev–Trinajstić information content (AvgIpc) is 3.45. The third kappa shape index (κ3) is 9.30. The number of amides is 2. The molecule has 0 bridgehead atoms. The molecule has 2 amide bonds. The average molecular weight is 592 g/mol. The van der Waals surface area contributed by atoms with Crippen molar-refractivity contribution in [3.05, 3.63) is 59.9 Å². The second-order valence-electron chi connectivity index (χ2n) is 11.1. The van der Waals surface area contributed by atoms with E-state index in [4.69, 9.17) is 9.47 Å². The van der Waals surface area contributed by atoms with Crippen LogP contribution in [0.1, 0.15) is 50.7 Å². The number of carbonyl (C=O) groups is 2. The Hall–Kier alpha value is -3.89. The predicted octanol–water partition coefficient (Wildman–Crippen LogP) is 4.31. The van der Waals surface area contributed by atoms with Crippen LogP contribution in [0.15, 0.2) is 48.8 Å². The summed E-state index contributed by atoms with van der Waals surface area (Å²) >= 11 is 0. The highest BCUT2D eigenvalue weighted by Crippen LogP contribution is 2.39. The quantitative estimate of drug-likeness (QED) is 0.158. The molecule has 3 N–H and O–H groups in total. The van der Waals surface area contributed by atoms with E-state index in [0.717, 1.165) is 42.4 Å². The van der Waals surface area contributed by atoms with E-state index < -0.39 is 0 Å². The first-order chi connectivity index (χ1) is 20.9. The highest BCUT2D eigenvalue weighted by atomic mass is 16.5. The maximum absolute atomic E-state index is 13.2. The molecular weight excluding hydrogens is 546 g/mol. The molecule has 1 aliphatic rings. The molecule has 10 heteroatoms. The van der Waals surface area contributed by atoms with Gasteiger partial charge in [0.2, 0.25) is 5.91 Å². The van der Waals surface area contributed by atoms with Gasteiger partial charge in [-0.15, -0.1) is 0 Å². The van der Waals surface area contributed by atoms with Crippen molar-refractivity contribution in [3.8, 4) is 22.6 Å². The fourth-order valence-electron chi connectivity index (χ4n) is 5.28. The summed E-state index contributed by atoms with van der Waals surface area (Å²) in [6, 6.07) is 11.9. The molecular formula is C33H45N5O5. The van der Waals surface area contributed by atoms with Gasteiger partial charge in [-0.2, -0.15) is 5.10 Å². The van der Waals surface area contributed by atoms with Crippen LogP contribution in [-0.4, -0.2) is 77.1 Å². The lowest BCUT2D eigenvalue weighted by Gasteiger charge is -2.30. The van der Waals surface area contributed by atoms with Crippen LogP contribution in [-0.2, 0) is 34.2 Å². The molecule has 2 heterocycles. The number of anilines is 1. The van der Waals surface area contributed by atoms with Crippen LogP contribution >= 0.6 is 0 Å². The number of hydrogen-bond donors (Lipinski definition) is 3. The Balaban J connectivity index is 1.20. The van der Waals surface area contributed by atoms with Gasteiger partial charge in [-0.1, -0.05) is 50.1 Å². The number of nitrogens with one attached hydrogen (secondary N) is 2. The van der Waals surface area contributed by atoms with Crippen molar-refractivity contribution in [1.82, 2.24) is 20.0 Å². The lowest BCUT2D eigenvalue weighted by atomic mass is 10.0. The first-order valence-corrected chi connectivity index (χ1v) is 15.3. The molecule has 1 unspecified atom stereocenters. The minimum Gasteiger partial charge on any atom is -0.506 e. The van der Waals surface area contributed by atoms with Gasteiger partial charge in [0.1, 0.15) is 11.4 Å². The fourth-order valence-corrected chi connectivity index (χ4v) is 5.28. The first-order valence-electron chi connectivity index (χ1n) is 15.3. The zero-order valence-electron chi connectivity index (χ0n) is 25.6. The van der Waals surface area contributed by atoms with E-state index >= 15 is 0 Å². The molecule has 1 aliphatic heterocycles. The third-order valence-electron chi connectivity index (χ3n) is 7.72. The van der Waals surface area contributed by atoms with E-state index in [1.807, 2.05) is 30.4 Å². The fraction of sp³-hybridized carbons (Fsp3) is 0.485. The van der Waals surface area contributed by atoms with Crippen molar-refractivity contribution in [2.75, 3.05) is 44.8 Å². The van der Waals surface area contributed by atoms with Gasteiger partial charge in [-0.05, 0) is 55.5 Å². The van der Waals surface area contributed by atoms with Crippen molar-refractivity contribution >= 4 is 17.5 Å². The van der Waals surface area contributed by atoms with Crippen LogP contribution in [0.3, 0.4) is 0 Å². The molecule has 1 aromatic heterocycles. The predicted molar refractivity (Wildman–Crippen MR) is 167 cm³/mol. The molecule has 0 aliphatic carbocycles. The maximum Gasteiger partial charge on any atom is 0.262 e. The summed E-state index contributed by atoms with van der Waals surface area (Å²) in [6.07, 6.45) is 8.81. The molecule has 3 aromatic rings. The summed E-state index contributed by atoms with van der Waals surface area (Å²) in [4.78, 5) is 26.8. The second-order valence-corrected chi connectivity index (χ2v) is 11.1. The minimum absolute atomic E-state index is 0.00556. The van der Waals surface area contributed by atoms with Gasteiger partial charge in [-0.25, -0.2) is 0 Å².